The number of halogens is 2. The van der Waals surface area contributed by atoms with Gasteiger partial charge in [-0.25, -0.2) is 9.18 Å². The van der Waals surface area contributed by atoms with Crippen molar-refractivity contribution in [2.45, 2.75) is 30.2 Å². The molecule has 2 N–H and O–H groups in total. The van der Waals surface area contributed by atoms with Gasteiger partial charge >= 0.3 is 6.09 Å². The lowest BCUT2D eigenvalue weighted by Crippen LogP contribution is -2.76. The van der Waals surface area contributed by atoms with Crippen LogP contribution in [0.5, 0.6) is 0 Å². The first-order valence-electron chi connectivity index (χ1n) is 6.85. The SMILES string of the molecule is O=C(O)NC12CC(c3cc(-c4ccc(Cl)c(F)c4)no3)(C1)C2. The molecule has 0 saturated heterocycles. The van der Waals surface area contributed by atoms with Crippen molar-refractivity contribution >= 4 is 17.7 Å². The second kappa shape index (κ2) is 4.23. The summed E-state index contributed by atoms with van der Waals surface area (Å²) in [5, 5.41) is 15.4. The van der Waals surface area contributed by atoms with Gasteiger partial charge in [0.1, 0.15) is 17.3 Å². The molecule has 22 heavy (non-hydrogen) atoms. The fraction of sp³-hybridized carbons (Fsp3) is 0.333. The number of benzene rings is 1. The molecule has 114 valence electrons. The molecule has 3 aliphatic rings. The molecule has 2 aromatic rings. The average Bonchev–Trinajstić information content (AvgIpc) is 2.84. The summed E-state index contributed by atoms with van der Waals surface area (Å²) >= 11 is 5.67. The van der Waals surface area contributed by atoms with E-state index < -0.39 is 11.9 Å². The van der Waals surface area contributed by atoms with Gasteiger partial charge in [-0.1, -0.05) is 22.8 Å². The van der Waals surface area contributed by atoms with E-state index in [0.29, 0.717) is 11.3 Å². The molecule has 5 rings (SSSR count). The summed E-state index contributed by atoms with van der Waals surface area (Å²) in [6, 6.07) is 6.28. The third kappa shape index (κ3) is 1.83. The number of nitrogens with zero attached hydrogens (tertiary/aromatic N) is 1. The van der Waals surface area contributed by atoms with E-state index in [1.165, 1.54) is 12.1 Å². The number of hydrogen-bond donors (Lipinski definition) is 2. The smallest absolute Gasteiger partial charge is 0.405 e. The number of nitrogens with one attached hydrogen (secondary N) is 1. The Labute approximate surface area is 130 Å². The highest BCUT2D eigenvalue weighted by Gasteiger charge is 2.71. The Morgan fingerprint density at radius 2 is 2.09 bits per heavy atom. The lowest BCUT2D eigenvalue weighted by molar-refractivity contribution is -0.0967. The Morgan fingerprint density at radius 1 is 1.36 bits per heavy atom. The standard InChI is InChI=1S/C15H12ClFN2O3/c16-9-2-1-8(3-10(9)17)11-4-12(22-19-11)14-5-15(6-14,7-14)18-13(20)21/h1-4,18H,5-7H2,(H,20,21). The topological polar surface area (TPSA) is 75.4 Å². The van der Waals surface area contributed by atoms with E-state index in [0.717, 1.165) is 25.0 Å². The van der Waals surface area contributed by atoms with Gasteiger partial charge < -0.3 is 14.9 Å². The molecule has 7 heteroatoms. The molecule has 0 aliphatic heterocycles. The molecule has 0 atom stereocenters. The minimum absolute atomic E-state index is 0.0635. The van der Waals surface area contributed by atoms with Crippen molar-refractivity contribution < 1.29 is 18.8 Å². The maximum absolute atomic E-state index is 13.5. The molecule has 0 spiro atoms. The van der Waals surface area contributed by atoms with E-state index in [-0.39, 0.29) is 16.0 Å². The summed E-state index contributed by atoms with van der Waals surface area (Å²) in [7, 11) is 0. The Morgan fingerprint density at radius 3 is 2.73 bits per heavy atom. The van der Waals surface area contributed by atoms with Gasteiger partial charge in [0.15, 0.2) is 0 Å². The molecule has 0 unspecified atom stereocenters. The van der Waals surface area contributed by atoms with Crippen molar-refractivity contribution in [1.82, 2.24) is 10.5 Å². The molecule has 2 bridgehead atoms. The Hall–Kier alpha value is -2.08. The highest BCUT2D eigenvalue weighted by molar-refractivity contribution is 6.30. The van der Waals surface area contributed by atoms with Crippen LogP contribution < -0.4 is 5.32 Å². The predicted octanol–water partition coefficient (Wildman–Crippen LogP) is 3.58. The van der Waals surface area contributed by atoms with Crippen LogP contribution in [0.3, 0.4) is 0 Å². The molecule has 3 fully saturated rings. The van der Waals surface area contributed by atoms with Gasteiger partial charge in [-0.05, 0) is 31.4 Å². The van der Waals surface area contributed by atoms with Crippen molar-refractivity contribution in [3.8, 4) is 11.3 Å². The Bertz CT molecular complexity index is 769. The van der Waals surface area contributed by atoms with E-state index in [9.17, 15) is 9.18 Å². The quantitative estimate of drug-likeness (QED) is 0.905. The van der Waals surface area contributed by atoms with Crippen LogP contribution >= 0.6 is 11.6 Å². The summed E-state index contributed by atoms with van der Waals surface area (Å²) in [6.45, 7) is 0. The molecule has 0 radical (unpaired) electrons. The summed E-state index contributed by atoms with van der Waals surface area (Å²) in [4.78, 5) is 10.7. The van der Waals surface area contributed by atoms with Crippen LogP contribution in [0.2, 0.25) is 5.02 Å². The predicted molar refractivity (Wildman–Crippen MR) is 76.3 cm³/mol. The van der Waals surface area contributed by atoms with Gasteiger partial charge in [-0.3, -0.25) is 0 Å². The third-order valence-corrected chi connectivity index (χ3v) is 4.96. The third-order valence-electron chi connectivity index (χ3n) is 4.65. The molecule has 1 aromatic carbocycles. The van der Waals surface area contributed by atoms with E-state index in [4.69, 9.17) is 21.2 Å². The maximum atomic E-state index is 13.5. The minimum atomic E-state index is -0.997. The Balaban J connectivity index is 1.54. The lowest BCUT2D eigenvalue weighted by Gasteiger charge is -2.68. The fourth-order valence-electron chi connectivity index (χ4n) is 3.73. The highest BCUT2D eigenvalue weighted by atomic mass is 35.5. The van der Waals surface area contributed by atoms with Crippen LogP contribution in [-0.2, 0) is 5.41 Å². The molecule has 3 aliphatic carbocycles. The first kappa shape index (κ1) is 13.6. The van der Waals surface area contributed by atoms with E-state index in [2.05, 4.69) is 10.5 Å². The van der Waals surface area contributed by atoms with Crippen LogP contribution in [0, 0.1) is 5.82 Å². The van der Waals surface area contributed by atoms with Gasteiger partial charge in [0.25, 0.3) is 0 Å². The van der Waals surface area contributed by atoms with Gasteiger partial charge in [-0.2, -0.15) is 0 Å². The maximum Gasteiger partial charge on any atom is 0.405 e. The summed E-state index contributed by atoms with van der Waals surface area (Å²) < 4.78 is 18.9. The zero-order valence-electron chi connectivity index (χ0n) is 11.4. The second-order valence-corrected chi connectivity index (χ2v) is 6.63. The molecule has 3 saturated carbocycles. The van der Waals surface area contributed by atoms with Gasteiger partial charge in [0, 0.05) is 22.6 Å². The zero-order chi connectivity index (χ0) is 15.5. The van der Waals surface area contributed by atoms with Crippen molar-refractivity contribution in [3.63, 3.8) is 0 Å². The number of rotatable bonds is 3. The van der Waals surface area contributed by atoms with Crippen molar-refractivity contribution in [1.29, 1.82) is 0 Å². The van der Waals surface area contributed by atoms with E-state index >= 15 is 0 Å². The van der Waals surface area contributed by atoms with E-state index in [1.807, 2.05) is 0 Å². The van der Waals surface area contributed by atoms with Crippen LogP contribution in [0.15, 0.2) is 28.8 Å². The van der Waals surface area contributed by atoms with Gasteiger partial charge in [0.2, 0.25) is 0 Å². The van der Waals surface area contributed by atoms with Crippen LogP contribution in [-0.4, -0.2) is 21.9 Å². The van der Waals surface area contributed by atoms with Crippen molar-refractivity contribution in [3.05, 3.63) is 40.9 Å². The van der Waals surface area contributed by atoms with E-state index in [1.54, 1.807) is 12.1 Å². The number of carboxylic acid groups (broad SMARTS) is 1. The second-order valence-electron chi connectivity index (χ2n) is 6.23. The monoisotopic (exact) mass is 322 g/mol. The first-order valence-corrected chi connectivity index (χ1v) is 7.23. The molecule has 5 nitrogen and oxygen atoms in total. The molecule has 1 amide bonds. The number of carbonyl (C=O) groups is 1. The molecule has 1 aromatic heterocycles. The van der Waals surface area contributed by atoms with Crippen LogP contribution in [0.4, 0.5) is 9.18 Å². The summed E-state index contributed by atoms with van der Waals surface area (Å²) in [5.41, 5.74) is 0.724. The summed E-state index contributed by atoms with van der Waals surface area (Å²) in [5.74, 6) is 0.228. The fourth-order valence-corrected chi connectivity index (χ4v) is 3.84. The normalized spacial score (nSPS) is 28.6. The van der Waals surface area contributed by atoms with Crippen molar-refractivity contribution in [2.75, 3.05) is 0 Å². The first-order chi connectivity index (χ1) is 10.4. The van der Waals surface area contributed by atoms with Gasteiger partial charge in [-0.15, -0.1) is 0 Å². The minimum Gasteiger partial charge on any atom is -0.465 e. The summed E-state index contributed by atoms with van der Waals surface area (Å²) in [6.07, 6.45) is 1.16. The number of amides is 1. The van der Waals surface area contributed by atoms with Gasteiger partial charge in [0.05, 0.1) is 5.02 Å². The molecular weight excluding hydrogens is 311 g/mol. The van der Waals surface area contributed by atoms with Crippen molar-refractivity contribution in [2.24, 2.45) is 0 Å². The zero-order valence-corrected chi connectivity index (χ0v) is 12.2. The molecular formula is C15H12ClFN2O3. The lowest BCUT2D eigenvalue weighted by atomic mass is 9.38. The highest BCUT2D eigenvalue weighted by Crippen LogP contribution is 2.67. The number of hydrogen-bond acceptors (Lipinski definition) is 3. The Kier molecular flexibility index (Phi) is 2.61. The largest absolute Gasteiger partial charge is 0.465 e. The number of aromatic nitrogens is 1. The van der Waals surface area contributed by atoms with Crippen LogP contribution in [0.1, 0.15) is 25.0 Å². The van der Waals surface area contributed by atoms with Crippen LogP contribution in [0.25, 0.3) is 11.3 Å². The average molecular weight is 323 g/mol. The molecule has 1 heterocycles.